The molecule has 2 aromatic carbocycles. The Hall–Kier alpha value is -3.06. The molecular weight excluding hydrogens is 454 g/mol. The van der Waals surface area contributed by atoms with Crippen molar-refractivity contribution < 1.29 is 19.1 Å². The minimum absolute atomic E-state index is 0.296. The van der Waals surface area contributed by atoms with Crippen LogP contribution in [0.3, 0.4) is 0 Å². The molecule has 0 aliphatic carbocycles. The Labute approximate surface area is 206 Å². The largest absolute Gasteiger partial charge is 0.444 e. The molecule has 0 aliphatic heterocycles. The number of hydrogen-bond donors (Lipinski definition) is 2. The molecule has 7 nitrogen and oxygen atoms in total. The van der Waals surface area contributed by atoms with Crippen LogP contribution in [0.1, 0.15) is 56.8 Å². The number of anilines is 1. The summed E-state index contributed by atoms with van der Waals surface area (Å²) in [5, 5.41) is 5.81. The summed E-state index contributed by atoms with van der Waals surface area (Å²) in [5.41, 5.74) is 2.31. The molecule has 184 valence electrons. The summed E-state index contributed by atoms with van der Waals surface area (Å²) in [6.45, 7) is 11.0. The van der Waals surface area contributed by atoms with Crippen LogP contribution in [0.15, 0.2) is 42.5 Å². The van der Waals surface area contributed by atoms with Gasteiger partial charge in [0.25, 0.3) is 5.91 Å². The van der Waals surface area contributed by atoms with Crippen LogP contribution in [0.5, 0.6) is 0 Å². The molecule has 1 atom stereocenters. The smallest absolute Gasteiger partial charge is 0.408 e. The van der Waals surface area contributed by atoms with E-state index in [4.69, 9.17) is 16.3 Å². The lowest BCUT2D eigenvalue weighted by Gasteiger charge is -2.32. The Bertz CT molecular complexity index is 995. The highest BCUT2D eigenvalue weighted by Crippen LogP contribution is 2.29. The highest BCUT2D eigenvalue weighted by Gasteiger charge is 2.32. The third-order valence-electron chi connectivity index (χ3n) is 4.99. The van der Waals surface area contributed by atoms with Gasteiger partial charge in [-0.2, -0.15) is 0 Å². The van der Waals surface area contributed by atoms with Crippen molar-refractivity contribution in [3.63, 3.8) is 0 Å². The normalized spacial score (nSPS) is 12.0. The zero-order valence-electron chi connectivity index (χ0n) is 20.7. The predicted molar refractivity (Wildman–Crippen MR) is 135 cm³/mol. The monoisotopic (exact) mass is 487 g/mol. The van der Waals surface area contributed by atoms with E-state index >= 15 is 0 Å². The van der Waals surface area contributed by atoms with E-state index < -0.39 is 23.6 Å². The van der Waals surface area contributed by atoms with E-state index in [-0.39, 0.29) is 12.5 Å². The van der Waals surface area contributed by atoms with Crippen LogP contribution in [-0.4, -0.2) is 41.5 Å². The second kappa shape index (κ2) is 11.9. The summed E-state index contributed by atoms with van der Waals surface area (Å²) in [5.74, 6) is -0.788. The first kappa shape index (κ1) is 27.2. The summed E-state index contributed by atoms with van der Waals surface area (Å²) >= 11 is 6.33. The van der Waals surface area contributed by atoms with Crippen LogP contribution < -0.4 is 10.6 Å². The molecule has 2 rings (SSSR count). The number of halogens is 1. The fourth-order valence-electron chi connectivity index (χ4n) is 3.41. The van der Waals surface area contributed by atoms with Crippen LogP contribution in [0.2, 0.25) is 5.02 Å². The Morgan fingerprint density at radius 2 is 1.71 bits per heavy atom. The van der Waals surface area contributed by atoms with E-state index in [2.05, 4.69) is 10.6 Å². The van der Waals surface area contributed by atoms with E-state index in [0.717, 1.165) is 11.1 Å². The van der Waals surface area contributed by atoms with Crippen molar-refractivity contribution in [2.24, 2.45) is 0 Å². The van der Waals surface area contributed by atoms with Crippen molar-refractivity contribution in [3.05, 3.63) is 64.2 Å². The molecule has 0 aromatic heterocycles. The van der Waals surface area contributed by atoms with Gasteiger partial charge in [-0.25, -0.2) is 4.79 Å². The number of benzene rings is 2. The van der Waals surface area contributed by atoms with Crippen LogP contribution in [-0.2, 0) is 14.3 Å². The SMILES string of the molecule is CCCN(C(=O)CNC(=O)OC(C)(C)C)C(C(=O)Nc1c(C)cccc1Cl)c1ccc(C)cc1. The van der Waals surface area contributed by atoms with E-state index in [1.54, 1.807) is 32.9 Å². The van der Waals surface area contributed by atoms with E-state index in [9.17, 15) is 14.4 Å². The number of nitrogens with zero attached hydrogens (tertiary/aromatic N) is 1. The molecule has 1 unspecified atom stereocenters. The van der Waals surface area contributed by atoms with Crippen molar-refractivity contribution in [1.29, 1.82) is 0 Å². The van der Waals surface area contributed by atoms with Gasteiger partial charge in [-0.1, -0.05) is 60.5 Å². The zero-order valence-corrected chi connectivity index (χ0v) is 21.5. The van der Waals surface area contributed by atoms with E-state index in [0.29, 0.717) is 29.2 Å². The molecule has 0 radical (unpaired) electrons. The highest BCUT2D eigenvalue weighted by molar-refractivity contribution is 6.34. The molecule has 0 bridgehead atoms. The van der Waals surface area contributed by atoms with Gasteiger partial charge in [0.15, 0.2) is 0 Å². The average molecular weight is 488 g/mol. The quantitative estimate of drug-likeness (QED) is 0.521. The molecule has 0 aliphatic rings. The third-order valence-corrected chi connectivity index (χ3v) is 5.31. The van der Waals surface area contributed by atoms with E-state index in [1.807, 2.05) is 51.1 Å². The van der Waals surface area contributed by atoms with Crippen molar-refractivity contribution in [1.82, 2.24) is 10.2 Å². The van der Waals surface area contributed by atoms with Crippen LogP contribution in [0.4, 0.5) is 10.5 Å². The van der Waals surface area contributed by atoms with Gasteiger partial charge < -0.3 is 20.3 Å². The molecule has 3 amide bonds. The van der Waals surface area contributed by atoms with Gasteiger partial charge in [-0.15, -0.1) is 0 Å². The number of rotatable bonds is 8. The molecule has 0 spiro atoms. The summed E-state index contributed by atoms with van der Waals surface area (Å²) in [6, 6.07) is 11.9. The van der Waals surface area contributed by atoms with Crippen LogP contribution >= 0.6 is 11.6 Å². The Kier molecular flexibility index (Phi) is 9.50. The molecule has 0 saturated carbocycles. The molecule has 0 saturated heterocycles. The standard InChI is InChI=1S/C26H34ClN3O4/c1-7-15-30(21(31)16-28-25(33)34-26(4,5)6)23(19-13-11-17(2)12-14-19)24(32)29-22-18(3)9-8-10-20(22)27/h8-14,23H,7,15-16H2,1-6H3,(H,28,33)(H,29,32). The van der Waals surface area contributed by atoms with E-state index in [1.165, 1.54) is 4.90 Å². The maximum Gasteiger partial charge on any atom is 0.408 e. The lowest BCUT2D eigenvalue weighted by Crippen LogP contribution is -2.46. The first-order valence-electron chi connectivity index (χ1n) is 11.3. The number of ether oxygens (including phenoxy) is 1. The van der Waals surface area contributed by atoms with Crippen LogP contribution in [0, 0.1) is 13.8 Å². The molecule has 8 heteroatoms. The maximum absolute atomic E-state index is 13.6. The lowest BCUT2D eigenvalue weighted by molar-refractivity contribution is -0.138. The molecular formula is C26H34ClN3O4. The van der Waals surface area contributed by atoms with Crippen molar-refractivity contribution in [2.75, 3.05) is 18.4 Å². The van der Waals surface area contributed by atoms with Gasteiger partial charge in [0.05, 0.1) is 10.7 Å². The Morgan fingerprint density at radius 1 is 1.06 bits per heavy atom. The van der Waals surface area contributed by atoms with Crippen LogP contribution in [0.25, 0.3) is 0 Å². The van der Waals surface area contributed by atoms with Gasteiger partial charge >= 0.3 is 6.09 Å². The fraction of sp³-hybridized carbons (Fsp3) is 0.423. The molecule has 2 N–H and O–H groups in total. The summed E-state index contributed by atoms with van der Waals surface area (Å²) in [4.78, 5) is 40.3. The van der Waals surface area contributed by atoms with Gasteiger partial charge in [0.1, 0.15) is 18.2 Å². The van der Waals surface area contributed by atoms with Gasteiger partial charge in [-0.05, 0) is 58.2 Å². The number of carbonyl (C=O) groups excluding carboxylic acids is 3. The highest BCUT2D eigenvalue weighted by atomic mass is 35.5. The van der Waals surface area contributed by atoms with Gasteiger partial charge in [-0.3, -0.25) is 9.59 Å². The number of para-hydroxylation sites is 1. The summed E-state index contributed by atoms with van der Waals surface area (Å²) in [6.07, 6.45) is -0.0702. The molecule has 2 aromatic rings. The topological polar surface area (TPSA) is 87.7 Å². The number of aryl methyl sites for hydroxylation is 2. The summed E-state index contributed by atoms with van der Waals surface area (Å²) in [7, 11) is 0. The fourth-order valence-corrected chi connectivity index (χ4v) is 3.67. The zero-order chi connectivity index (χ0) is 25.5. The minimum Gasteiger partial charge on any atom is -0.444 e. The second-order valence-electron chi connectivity index (χ2n) is 9.18. The van der Waals surface area contributed by atoms with Crippen molar-refractivity contribution >= 4 is 35.2 Å². The lowest BCUT2D eigenvalue weighted by atomic mass is 10.0. The molecule has 0 fully saturated rings. The van der Waals surface area contributed by atoms with Gasteiger partial charge in [0, 0.05) is 6.54 Å². The number of hydrogen-bond acceptors (Lipinski definition) is 4. The minimum atomic E-state index is -0.913. The third kappa shape index (κ3) is 7.76. The number of nitrogens with one attached hydrogen (secondary N) is 2. The van der Waals surface area contributed by atoms with Crippen molar-refractivity contribution in [3.8, 4) is 0 Å². The van der Waals surface area contributed by atoms with Crippen molar-refractivity contribution in [2.45, 2.75) is 59.6 Å². The Balaban J connectivity index is 2.35. The number of carbonyl (C=O) groups is 3. The maximum atomic E-state index is 13.6. The first-order chi connectivity index (χ1) is 15.9. The Morgan fingerprint density at radius 3 is 2.26 bits per heavy atom. The first-order valence-corrected chi connectivity index (χ1v) is 11.7. The van der Waals surface area contributed by atoms with Gasteiger partial charge in [0.2, 0.25) is 5.91 Å². The average Bonchev–Trinajstić information content (AvgIpc) is 2.74. The molecule has 0 heterocycles. The second-order valence-corrected chi connectivity index (χ2v) is 9.58. The predicted octanol–water partition coefficient (Wildman–Crippen LogP) is 5.40. The molecule has 34 heavy (non-hydrogen) atoms. The number of alkyl carbamates (subject to hydrolysis) is 1. The summed E-state index contributed by atoms with van der Waals surface area (Å²) < 4.78 is 5.22. The number of amides is 3.